The van der Waals surface area contributed by atoms with E-state index in [1.54, 1.807) is 4.90 Å². The van der Waals surface area contributed by atoms with Gasteiger partial charge < -0.3 is 10.0 Å². The summed E-state index contributed by atoms with van der Waals surface area (Å²) in [5.74, 6) is -0.979. The smallest absolute Gasteiger partial charge is 0.311 e. The number of carboxylic acid groups (broad SMARTS) is 1. The van der Waals surface area contributed by atoms with Crippen LogP contribution in [0.4, 0.5) is 0 Å². The first-order valence-corrected chi connectivity index (χ1v) is 8.60. The van der Waals surface area contributed by atoms with Crippen LogP contribution in [-0.2, 0) is 4.79 Å². The Hall–Kier alpha value is -2.70. The number of hydrogen-bond donors (Lipinski definition) is 1. The lowest BCUT2D eigenvalue weighted by molar-refractivity contribution is -0.151. The summed E-state index contributed by atoms with van der Waals surface area (Å²) < 4.78 is 1.52. The van der Waals surface area contributed by atoms with E-state index >= 15 is 0 Å². The maximum atomic E-state index is 13.2. The average molecular weight is 340 g/mol. The molecule has 2 aliphatic rings. The molecular weight excluding hydrogens is 320 g/mol. The van der Waals surface area contributed by atoms with Crippen molar-refractivity contribution in [2.24, 2.45) is 5.41 Å². The number of carbonyl (C=O) groups is 2. The summed E-state index contributed by atoms with van der Waals surface area (Å²) in [4.78, 5) is 26.9. The number of amides is 1. The molecule has 1 amide bonds. The Morgan fingerprint density at radius 2 is 2.04 bits per heavy atom. The molecule has 2 aliphatic heterocycles. The Morgan fingerprint density at radius 3 is 2.68 bits per heavy atom. The predicted molar refractivity (Wildman–Crippen MR) is 89.3 cm³/mol. The predicted octanol–water partition coefficient (Wildman–Crippen LogP) is 2.13. The quantitative estimate of drug-likeness (QED) is 0.921. The van der Waals surface area contributed by atoms with E-state index in [1.165, 1.54) is 10.9 Å². The molecule has 3 atom stereocenters. The van der Waals surface area contributed by atoms with Crippen molar-refractivity contribution in [1.82, 2.24) is 19.9 Å². The maximum absolute atomic E-state index is 13.2. The summed E-state index contributed by atoms with van der Waals surface area (Å²) in [6, 6.07) is 9.08. The van der Waals surface area contributed by atoms with Crippen LogP contribution in [-0.4, -0.2) is 49.0 Å². The minimum atomic E-state index is -0.830. The molecule has 7 nitrogen and oxygen atoms in total. The minimum absolute atomic E-state index is 0.0207. The highest BCUT2D eigenvalue weighted by atomic mass is 16.4. The molecule has 0 saturated carbocycles. The van der Waals surface area contributed by atoms with Crippen LogP contribution in [0.3, 0.4) is 0 Å². The molecule has 2 fully saturated rings. The summed E-state index contributed by atoms with van der Waals surface area (Å²) in [5.41, 5.74) is 0.305. The second kappa shape index (κ2) is 5.68. The van der Waals surface area contributed by atoms with Gasteiger partial charge in [-0.3, -0.25) is 9.59 Å². The van der Waals surface area contributed by atoms with Crippen molar-refractivity contribution in [3.05, 3.63) is 42.2 Å². The first kappa shape index (κ1) is 15.8. The molecule has 7 heteroatoms. The molecule has 2 aromatic rings. The van der Waals surface area contributed by atoms with Gasteiger partial charge in [0, 0.05) is 12.1 Å². The zero-order chi connectivity index (χ0) is 17.6. The maximum Gasteiger partial charge on any atom is 0.311 e. The summed E-state index contributed by atoms with van der Waals surface area (Å²) in [6.07, 6.45) is 4.12. The van der Waals surface area contributed by atoms with E-state index in [9.17, 15) is 14.7 Å². The summed E-state index contributed by atoms with van der Waals surface area (Å²) in [6.45, 7) is 1.90. The van der Waals surface area contributed by atoms with Gasteiger partial charge in [0.05, 0.1) is 17.3 Å². The molecule has 4 rings (SSSR count). The van der Waals surface area contributed by atoms with Gasteiger partial charge in [-0.05, 0) is 37.8 Å². The Bertz CT molecular complexity index is 819. The molecule has 25 heavy (non-hydrogen) atoms. The molecule has 1 aromatic heterocycles. The van der Waals surface area contributed by atoms with Gasteiger partial charge in [-0.25, -0.2) is 4.68 Å². The molecule has 1 aromatic carbocycles. The number of para-hydroxylation sites is 1. The zero-order valence-corrected chi connectivity index (χ0v) is 14.0. The van der Waals surface area contributed by atoms with Gasteiger partial charge in [0.2, 0.25) is 0 Å². The lowest BCUT2D eigenvalue weighted by Crippen LogP contribution is -2.45. The molecule has 3 heterocycles. The number of benzene rings is 1. The van der Waals surface area contributed by atoms with E-state index in [-0.39, 0.29) is 18.0 Å². The summed E-state index contributed by atoms with van der Waals surface area (Å²) in [5, 5.41) is 17.7. The average Bonchev–Trinajstić information content (AvgIpc) is 3.35. The van der Waals surface area contributed by atoms with Crippen LogP contribution in [0.2, 0.25) is 0 Å². The highest BCUT2D eigenvalue weighted by Gasteiger charge is 2.60. The third-order valence-corrected chi connectivity index (χ3v) is 5.80. The van der Waals surface area contributed by atoms with E-state index in [4.69, 9.17) is 0 Å². The molecular formula is C18H20N4O3. The van der Waals surface area contributed by atoms with Gasteiger partial charge in [-0.1, -0.05) is 30.3 Å². The monoisotopic (exact) mass is 340 g/mol. The number of carboxylic acids is 1. The van der Waals surface area contributed by atoms with Gasteiger partial charge in [0.15, 0.2) is 5.69 Å². The molecule has 0 aliphatic carbocycles. The Balaban J connectivity index is 1.70. The van der Waals surface area contributed by atoms with Crippen molar-refractivity contribution < 1.29 is 14.7 Å². The molecule has 2 bridgehead atoms. The number of aromatic nitrogens is 3. The SMILES string of the molecule is CC[C@@]1(C(=O)O)C[C@@H]2CC[C@H]1N2C(=O)c1cnnn1-c1ccccc1. The Kier molecular flexibility index (Phi) is 3.59. The van der Waals surface area contributed by atoms with Crippen LogP contribution in [0.25, 0.3) is 5.69 Å². The lowest BCUT2D eigenvalue weighted by atomic mass is 9.72. The molecule has 130 valence electrons. The van der Waals surface area contributed by atoms with Crippen molar-refractivity contribution in [2.75, 3.05) is 0 Å². The largest absolute Gasteiger partial charge is 0.481 e. The fourth-order valence-electron chi connectivity index (χ4n) is 4.52. The highest BCUT2D eigenvalue weighted by molar-refractivity contribution is 5.94. The van der Waals surface area contributed by atoms with E-state index in [2.05, 4.69) is 10.3 Å². The topological polar surface area (TPSA) is 88.3 Å². The van der Waals surface area contributed by atoms with Gasteiger partial charge >= 0.3 is 5.97 Å². The standard InChI is InChI=1S/C18H20N4O3/c1-2-18(17(24)25)10-13-8-9-15(18)21(13)16(23)14-11-19-20-22(14)12-6-4-3-5-7-12/h3-7,11,13,15H,2,8-10H2,1H3,(H,24,25)/t13-,15+,18+/m0/s1. The van der Waals surface area contributed by atoms with Gasteiger partial charge in [0.1, 0.15) is 0 Å². The van der Waals surface area contributed by atoms with Crippen LogP contribution in [0, 0.1) is 5.41 Å². The van der Waals surface area contributed by atoms with Crippen molar-refractivity contribution in [3.63, 3.8) is 0 Å². The fraction of sp³-hybridized carbons (Fsp3) is 0.444. The number of aliphatic carboxylic acids is 1. The zero-order valence-electron chi connectivity index (χ0n) is 14.0. The van der Waals surface area contributed by atoms with Gasteiger partial charge in [-0.15, -0.1) is 5.10 Å². The second-order valence-corrected chi connectivity index (χ2v) is 6.84. The van der Waals surface area contributed by atoms with Gasteiger partial charge in [-0.2, -0.15) is 0 Å². The number of nitrogens with zero attached hydrogens (tertiary/aromatic N) is 4. The number of fused-ring (bicyclic) bond motifs is 2. The lowest BCUT2D eigenvalue weighted by Gasteiger charge is -2.32. The van der Waals surface area contributed by atoms with E-state index in [0.29, 0.717) is 18.5 Å². The van der Waals surface area contributed by atoms with Crippen LogP contribution < -0.4 is 0 Å². The number of hydrogen-bond acceptors (Lipinski definition) is 4. The van der Waals surface area contributed by atoms with Crippen molar-refractivity contribution in [1.29, 1.82) is 0 Å². The van der Waals surface area contributed by atoms with Crippen molar-refractivity contribution in [3.8, 4) is 5.69 Å². The van der Waals surface area contributed by atoms with Crippen LogP contribution in [0.1, 0.15) is 43.1 Å². The Morgan fingerprint density at radius 1 is 1.28 bits per heavy atom. The first-order chi connectivity index (χ1) is 12.1. The third-order valence-electron chi connectivity index (χ3n) is 5.80. The fourth-order valence-corrected chi connectivity index (χ4v) is 4.52. The van der Waals surface area contributed by atoms with Gasteiger partial charge in [0.25, 0.3) is 5.91 Å². The van der Waals surface area contributed by atoms with Crippen molar-refractivity contribution in [2.45, 2.75) is 44.7 Å². The normalized spacial score (nSPS) is 27.6. The van der Waals surface area contributed by atoms with Crippen LogP contribution in [0.5, 0.6) is 0 Å². The molecule has 1 N–H and O–H groups in total. The third kappa shape index (κ3) is 2.18. The molecule has 0 unspecified atom stereocenters. The van der Waals surface area contributed by atoms with Crippen LogP contribution in [0.15, 0.2) is 36.5 Å². The number of rotatable bonds is 4. The summed E-state index contributed by atoms with van der Waals surface area (Å²) >= 11 is 0. The van der Waals surface area contributed by atoms with Crippen molar-refractivity contribution >= 4 is 11.9 Å². The summed E-state index contributed by atoms with van der Waals surface area (Å²) in [7, 11) is 0. The molecule has 0 spiro atoms. The molecule has 2 saturated heterocycles. The highest BCUT2D eigenvalue weighted by Crippen LogP contribution is 2.52. The Labute approximate surface area is 145 Å². The minimum Gasteiger partial charge on any atom is -0.481 e. The van der Waals surface area contributed by atoms with E-state index < -0.39 is 11.4 Å². The van der Waals surface area contributed by atoms with E-state index in [0.717, 1.165) is 18.5 Å². The second-order valence-electron chi connectivity index (χ2n) is 6.84. The first-order valence-electron chi connectivity index (χ1n) is 8.60. The number of carbonyl (C=O) groups excluding carboxylic acids is 1. The van der Waals surface area contributed by atoms with Crippen LogP contribution >= 0.6 is 0 Å². The molecule has 0 radical (unpaired) electrons. The van der Waals surface area contributed by atoms with E-state index in [1.807, 2.05) is 37.3 Å².